The lowest BCUT2D eigenvalue weighted by Crippen LogP contribution is -2.32. The largest absolute Gasteiger partial charge is 0.481 e. The smallest absolute Gasteiger partial charge is 0.314 e. The molecule has 0 aromatic heterocycles. The molecule has 2 aliphatic carbocycles. The average Bonchev–Trinajstić information content (AvgIpc) is 2.89. The summed E-state index contributed by atoms with van der Waals surface area (Å²) in [5.74, 6) is -0.629. The lowest BCUT2D eigenvalue weighted by Gasteiger charge is -2.26. The number of aliphatic carboxylic acids is 1. The zero-order chi connectivity index (χ0) is 12.6. The van der Waals surface area contributed by atoms with Crippen molar-refractivity contribution in [1.82, 2.24) is 0 Å². The van der Waals surface area contributed by atoms with Gasteiger partial charge in [0, 0.05) is 0 Å². The lowest BCUT2D eigenvalue weighted by molar-refractivity contribution is -0.143. The predicted octanol–water partition coefficient (Wildman–Crippen LogP) is 3.46. The minimum absolute atomic E-state index is 0.591. The van der Waals surface area contributed by atoms with Crippen LogP contribution in [0.4, 0.5) is 0 Å². The Morgan fingerprint density at radius 1 is 1.00 bits per heavy atom. The zero-order valence-electron chi connectivity index (χ0n) is 10.7. The molecule has 0 aliphatic heterocycles. The number of carbonyl (C=O) groups is 1. The van der Waals surface area contributed by atoms with Gasteiger partial charge in [0.2, 0.25) is 0 Å². The highest BCUT2D eigenvalue weighted by molar-refractivity contribution is 5.82. The third kappa shape index (κ3) is 1.75. The second-order valence-corrected chi connectivity index (χ2v) is 5.78. The van der Waals surface area contributed by atoms with Crippen molar-refractivity contribution in [3.63, 3.8) is 0 Å². The summed E-state index contributed by atoms with van der Waals surface area (Å²) in [6.45, 7) is 0. The second kappa shape index (κ2) is 4.42. The molecular formula is C16H20O2. The van der Waals surface area contributed by atoms with Crippen LogP contribution in [0.3, 0.4) is 0 Å². The fraction of sp³-hybridized carbons (Fsp3) is 0.562. The molecule has 0 amide bonds. The monoisotopic (exact) mass is 244 g/mol. The Morgan fingerprint density at radius 2 is 1.67 bits per heavy atom. The van der Waals surface area contributed by atoms with E-state index in [2.05, 4.69) is 18.2 Å². The molecule has 0 spiro atoms. The second-order valence-electron chi connectivity index (χ2n) is 5.78. The van der Waals surface area contributed by atoms with E-state index < -0.39 is 11.4 Å². The SMILES string of the molecule is O=C(O)C1(c2ccc3c(c2)CCCC3)CCCC1. The first-order valence-corrected chi connectivity index (χ1v) is 7.08. The van der Waals surface area contributed by atoms with Gasteiger partial charge in [0.25, 0.3) is 0 Å². The van der Waals surface area contributed by atoms with Gasteiger partial charge < -0.3 is 5.11 Å². The summed E-state index contributed by atoms with van der Waals surface area (Å²) in [7, 11) is 0. The zero-order valence-corrected chi connectivity index (χ0v) is 10.7. The fourth-order valence-corrected chi connectivity index (χ4v) is 3.64. The van der Waals surface area contributed by atoms with E-state index in [1.165, 1.54) is 24.0 Å². The first-order valence-electron chi connectivity index (χ1n) is 7.08. The molecule has 96 valence electrons. The van der Waals surface area contributed by atoms with E-state index in [1.807, 2.05) is 0 Å². The number of benzene rings is 1. The van der Waals surface area contributed by atoms with Crippen LogP contribution >= 0.6 is 0 Å². The van der Waals surface area contributed by atoms with Gasteiger partial charge in [-0.25, -0.2) is 0 Å². The Hall–Kier alpha value is -1.31. The molecular weight excluding hydrogens is 224 g/mol. The topological polar surface area (TPSA) is 37.3 Å². The molecule has 0 atom stereocenters. The van der Waals surface area contributed by atoms with Gasteiger partial charge in [-0.1, -0.05) is 31.0 Å². The third-order valence-electron chi connectivity index (χ3n) is 4.77. The summed E-state index contributed by atoms with van der Waals surface area (Å²) >= 11 is 0. The standard InChI is InChI=1S/C16H20O2/c17-15(18)16(9-3-4-10-16)14-8-7-12-5-1-2-6-13(12)11-14/h7-8,11H,1-6,9-10H2,(H,17,18). The Morgan fingerprint density at radius 3 is 2.33 bits per heavy atom. The van der Waals surface area contributed by atoms with Crippen LogP contribution in [0.25, 0.3) is 0 Å². The molecule has 0 unspecified atom stereocenters. The number of fused-ring (bicyclic) bond motifs is 1. The summed E-state index contributed by atoms with van der Waals surface area (Å²) in [5, 5.41) is 9.62. The molecule has 0 heterocycles. The van der Waals surface area contributed by atoms with Crippen molar-refractivity contribution >= 4 is 5.97 Å². The maximum atomic E-state index is 11.7. The quantitative estimate of drug-likeness (QED) is 0.865. The molecule has 0 radical (unpaired) electrons. The van der Waals surface area contributed by atoms with Crippen molar-refractivity contribution in [2.24, 2.45) is 0 Å². The molecule has 0 bridgehead atoms. The molecule has 18 heavy (non-hydrogen) atoms. The minimum atomic E-state index is -0.629. The van der Waals surface area contributed by atoms with Crippen LogP contribution in [-0.2, 0) is 23.1 Å². The van der Waals surface area contributed by atoms with Crippen molar-refractivity contribution in [3.05, 3.63) is 34.9 Å². The van der Waals surface area contributed by atoms with Gasteiger partial charge >= 0.3 is 5.97 Å². The highest BCUT2D eigenvalue weighted by Crippen LogP contribution is 2.42. The summed E-state index contributed by atoms with van der Waals surface area (Å²) in [5.41, 5.74) is 3.29. The molecule has 2 nitrogen and oxygen atoms in total. The predicted molar refractivity (Wildman–Crippen MR) is 70.9 cm³/mol. The summed E-state index contributed by atoms with van der Waals surface area (Å²) in [6, 6.07) is 6.43. The van der Waals surface area contributed by atoms with Gasteiger partial charge in [-0.2, -0.15) is 0 Å². The van der Waals surface area contributed by atoms with Crippen LogP contribution in [0.2, 0.25) is 0 Å². The maximum Gasteiger partial charge on any atom is 0.314 e. The average molecular weight is 244 g/mol. The van der Waals surface area contributed by atoms with Gasteiger partial charge in [0.1, 0.15) is 0 Å². The van der Waals surface area contributed by atoms with E-state index in [0.717, 1.165) is 44.1 Å². The summed E-state index contributed by atoms with van der Waals surface area (Å²) in [6.07, 6.45) is 8.51. The van der Waals surface area contributed by atoms with Crippen molar-refractivity contribution in [2.45, 2.75) is 56.8 Å². The lowest BCUT2D eigenvalue weighted by atomic mass is 9.77. The minimum Gasteiger partial charge on any atom is -0.481 e. The summed E-state index contributed by atoms with van der Waals surface area (Å²) < 4.78 is 0. The third-order valence-corrected chi connectivity index (χ3v) is 4.77. The van der Waals surface area contributed by atoms with E-state index in [4.69, 9.17) is 0 Å². The fourth-order valence-electron chi connectivity index (χ4n) is 3.64. The van der Waals surface area contributed by atoms with Crippen LogP contribution in [0, 0.1) is 0 Å². The highest BCUT2D eigenvalue weighted by Gasteiger charge is 2.43. The van der Waals surface area contributed by atoms with E-state index in [0.29, 0.717) is 0 Å². The number of rotatable bonds is 2. The first-order chi connectivity index (χ1) is 8.72. The summed E-state index contributed by atoms with van der Waals surface area (Å²) in [4.78, 5) is 11.7. The highest BCUT2D eigenvalue weighted by atomic mass is 16.4. The van der Waals surface area contributed by atoms with Gasteiger partial charge in [0.15, 0.2) is 0 Å². The Bertz CT molecular complexity index is 470. The Kier molecular flexibility index (Phi) is 2.89. The van der Waals surface area contributed by atoms with E-state index in [9.17, 15) is 9.90 Å². The number of hydrogen-bond donors (Lipinski definition) is 1. The molecule has 1 fully saturated rings. The molecule has 2 aliphatic rings. The van der Waals surface area contributed by atoms with Crippen LogP contribution in [0.1, 0.15) is 55.2 Å². The van der Waals surface area contributed by atoms with Gasteiger partial charge in [-0.05, 0) is 55.2 Å². The molecule has 2 heteroatoms. The van der Waals surface area contributed by atoms with Crippen molar-refractivity contribution in [2.75, 3.05) is 0 Å². The van der Waals surface area contributed by atoms with Gasteiger partial charge in [0.05, 0.1) is 5.41 Å². The number of aryl methyl sites for hydroxylation is 2. The van der Waals surface area contributed by atoms with E-state index in [1.54, 1.807) is 0 Å². The van der Waals surface area contributed by atoms with Crippen molar-refractivity contribution in [1.29, 1.82) is 0 Å². The molecule has 0 saturated heterocycles. The Labute approximate surface area is 108 Å². The maximum absolute atomic E-state index is 11.7. The molecule has 1 aromatic carbocycles. The van der Waals surface area contributed by atoms with Crippen LogP contribution in [-0.4, -0.2) is 11.1 Å². The van der Waals surface area contributed by atoms with E-state index >= 15 is 0 Å². The number of carboxylic acid groups (broad SMARTS) is 1. The van der Waals surface area contributed by atoms with Gasteiger partial charge in [-0.3, -0.25) is 4.79 Å². The van der Waals surface area contributed by atoms with Crippen LogP contribution < -0.4 is 0 Å². The first kappa shape index (κ1) is 11.8. The Balaban J connectivity index is 2.02. The van der Waals surface area contributed by atoms with Crippen molar-refractivity contribution in [3.8, 4) is 0 Å². The van der Waals surface area contributed by atoms with E-state index in [-0.39, 0.29) is 0 Å². The van der Waals surface area contributed by atoms with Crippen LogP contribution in [0.5, 0.6) is 0 Å². The molecule has 1 N–H and O–H groups in total. The normalized spacial score (nSPS) is 21.6. The molecule has 3 rings (SSSR count). The van der Waals surface area contributed by atoms with Crippen molar-refractivity contribution < 1.29 is 9.90 Å². The number of hydrogen-bond acceptors (Lipinski definition) is 1. The number of carboxylic acids is 1. The van der Waals surface area contributed by atoms with Gasteiger partial charge in [-0.15, -0.1) is 0 Å². The molecule has 1 aromatic rings. The molecule has 1 saturated carbocycles. The van der Waals surface area contributed by atoms with Crippen LogP contribution in [0.15, 0.2) is 18.2 Å².